The molecule has 1 heteroatoms. The van der Waals surface area contributed by atoms with E-state index in [0.29, 0.717) is 11.5 Å². The van der Waals surface area contributed by atoms with Gasteiger partial charge in [-0.15, -0.1) is 0 Å². The summed E-state index contributed by atoms with van der Waals surface area (Å²) in [6.45, 7) is 8.21. The molecule has 0 aromatic heterocycles. The third kappa shape index (κ3) is 5.28. The van der Waals surface area contributed by atoms with Crippen molar-refractivity contribution in [2.75, 3.05) is 6.54 Å². The lowest BCUT2D eigenvalue weighted by atomic mass is 9.84. The summed E-state index contributed by atoms with van der Waals surface area (Å²) < 4.78 is 0. The highest BCUT2D eigenvalue weighted by atomic mass is 14.9. The molecule has 0 spiro atoms. The van der Waals surface area contributed by atoms with Crippen LogP contribution in [0.25, 0.3) is 0 Å². The molecule has 1 aliphatic rings. The van der Waals surface area contributed by atoms with Gasteiger partial charge >= 0.3 is 0 Å². The van der Waals surface area contributed by atoms with Gasteiger partial charge in [-0.3, -0.25) is 0 Å². The molecule has 1 aromatic carbocycles. The molecule has 1 aromatic rings. The minimum absolute atomic E-state index is 0.361. The van der Waals surface area contributed by atoms with E-state index in [-0.39, 0.29) is 0 Å². The Hall–Kier alpha value is -0.820. The van der Waals surface area contributed by atoms with E-state index in [0.717, 1.165) is 5.92 Å². The summed E-state index contributed by atoms with van der Waals surface area (Å²) in [6.07, 6.45) is 8.35. The van der Waals surface area contributed by atoms with E-state index in [1.54, 1.807) is 0 Å². The van der Waals surface area contributed by atoms with Gasteiger partial charge in [-0.25, -0.2) is 0 Å². The molecule has 2 rings (SSSR count). The zero-order valence-corrected chi connectivity index (χ0v) is 13.5. The van der Waals surface area contributed by atoms with Crippen LogP contribution in [-0.4, -0.2) is 6.54 Å². The molecule has 0 bridgehead atoms. The number of nitrogens with one attached hydrogen (secondary N) is 1. The lowest BCUT2D eigenvalue weighted by Crippen LogP contribution is -2.31. The van der Waals surface area contributed by atoms with Crippen LogP contribution < -0.4 is 5.32 Å². The summed E-state index contributed by atoms with van der Waals surface area (Å²) in [5.74, 6) is 0.898. The van der Waals surface area contributed by atoms with Crippen LogP contribution in [0.3, 0.4) is 0 Å². The Morgan fingerprint density at radius 1 is 1.05 bits per heavy atom. The highest BCUT2D eigenvalue weighted by Crippen LogP contribution is 2.30. The molecule has 0 radical (unpaired) electrons. The standard InChI is InChI=1S/C19H31N/c1-19(2,3)14-18(17-12-8-5-9-13-17)20-15-16-10-6-4-7-11-16/h5,8-9,12-13,16,18,20H,4,6-7,10-11,14-15H2,1-3H3. The summed E-state index contributed by atoms with van der Waals surface area (Å²) in [7, 11) is 0. The smallest absolute Gasteiger partial charge is 0.0325 e. The van der Waals surface area contributed by atoms with Crippen LogP contribution in [0.2, 0.25) is 0 Å². The first kappa shape index (κ1) is 15.6. The maximum atomic E-state index is 3.86. The van der Waals surface area contributed by atoms with Crippen molar-refractivity contribution in [3.05, 3.63) is 35.9 Å². The van der Waals surface area contributed by atoms with Gasteiger partial charge in [0.2, 0.25) is 0 Å². The second-order valence-corrected chi connectivity index (χ2v) is 7.64. The number of hydrogen-bond acceptors (Lipinski definition) is 1. The number of rotatable bonds is 5. The molecule has 1 saturated carbocycles. The van der Waals surface area contributed by atoms with Gasteiger partial charge < -0.3 is 5.32 Å². The van der Waals surface area contributed by atoms with Gasteiger partial charge in [0.25, 0.3) is 0 Å². The molecule has 0 aliphatic heterocycles. The second-order valence-electron chi connectivity index (χ2n) is 7.64. The molecule has 1 atom stereocenters. The van der Waals surface area contributed by atoms with E-state index in [2.05, 4.69) is 56.4 Å². The minimum Gasteiger partial charge on any atom is -0.310 e. The van der Waals surface area contributed by atoms with Crippen molar-refractivity contribution >= 4 is 0 Å². The summed E-state index contributed by atoms with van der Waals surface area (Å²) >= 11 is 0. The van der Waals surface area contributed by atoms with Crippen molar-refractivity contribution in [2.45, 2.75) is 65.3 Å². The van der Waals surface area contributed by atoms with Crippen LogP contribution in [0.4, 0.5) is 0 Å². The van der Waals surface area contributed by atoms with Gasteiger partial charge in [0.15, 0.2) is 0 Å². The first-order valence-corrected chi connectivity index (χ1v) is 8.33. The van der Waals surface area contributed by atoms with Gasteiger partial charge in [0.05, 0.1) is 0 Å². The lowest BCUT2D eigenvalue weighted by molar-refractivity contribution is 0.279. The van der Waals surface area contributed by atoms with Gasteiger partial charge in [-0.1, -0.05) is 70.4 Å². The Bertz CT molecular complexity index is 371. The Labute approximate surface area is 125 Å². The van der Waals surface area contributed by atoms with Crippen LogP contribution in [-0.2, 0) is 0 Å². The molecule has 0 heterocycles. The van der Waals surface area contributed by atoms with E-state index in [1.165, 1.54) is 50.6 Å². The summed E-state index contributed by atoms with van der Waals surface area (Å²) in [4.78, 5) is 0. The predicted octanol–water partition coefficient (Wildman–Crippen LogP) is 5.33. The quantitative estimate of drug-likeness (QED) is 0.764. The van der Waals surface area contributed by atoms with E-state index < -0.39 is 0 Å². The van der Waals surface area contributed by atoms with Crippen molar-refractivity contribution < 1.29 is 0 Å². The van der Waals surface area contributed by atoms with Crippen LogP contribution in [0.15, 0.2) is 30.3 Å². The van der Waals surface area contributed by atoms with Gasteiger partial charge in [0, 0.05) is 6.04 Å². The molecule has 20 heavy (non-hydrogen) atoms. The predicted molar refractivity (Wildman–Crippen MR) is 87.8 cm³/mol. The third-order valence-electron chi connectivity index (χ3n) is 4.40. The van der Waals surface area contributed by atoms with Crippen molar-refractivity contribution in [3.8, 4) is 0 Å². The van der Waals surface area contributed by atoms with Crippen molar-refractivity contribution in [1.82, 2.24) is 5.32 Å². The fraction of sp³-hybridized carbons (Fsp3) is 0.684. The molecular formula is C19H31N. The second kappa shape index (κ2) is 7.26. The first-order chi connectivity index (χ1) is 9.54. The Kier molecular flexibility index (Phi) is 5.65. The molecule has 1 nitrogen and oxygen atoms in total. The highest BCUT2D eigenvalue weighted by Gasteiger charge is 2.21. The molecule has 112 valence electrons. The topological polar surface area (TPSA) is 12.0 Å². The average molecular weight is 273 g/mol. The fourth-order valence-electron chi connectivity index (χ4n) is 3.31. The lowest BCUT2D eigenvalue weighted by Gasteiger charge is -2.30. The van der Waals surface area contributed by atoms with Gasteiger partial charge in [-0.05, 0) is 42.7 Å². The third-order valence-corrected chi connectivity index (χ3v) is 4.40. The molecule has 0 amide bonds. The van der Waals surface area contributed by atoms with Gasteiger partial charge in [-0.2, -0.15) is 0 Å². The first-order valence-electron chi connectivity index (χ1n) is 8.33. The van der Waals surface area contributed by atoms with Gasteiger partial charge in [0.1, 0.15) is 0 Å². The van der Waals surface area contributed by atoms with E-state index in [1.807, 2.05) is 0 Å². The molecule has 1 N–H and O–H groups in total. The average Bonchev–Trinajstić information content (AvgIpc) is 2.44. The molecular weight excluding hydrogens is 242 g/mol. The fourth-order valence-corrected chi connectivity index (χ4v) is 3.31. The van der Waals surface area contributed by atoms with Crippen LogP contribution in [0.1, 0.15) is 70.9 Å². The SMILES string of the molecule is CC(C)(C)CC(NCC1CCCCC1)c1ccccc1. The molecule has 1 unspecified atom stereocenters. The largest absolute Gasteiger partial charge is 0.310 e. The number of hydrogen-bond donors (Lipinski definition) is 1. The zero-order chi connectivity index (χ0) is 14.4. The summed E-state index contributed by atoms with van der Waals surface area (Å²) in [5, 5.41) is 3.86. The van der Waals surface area contributed by atoms with E-state index >= 15 is 0 Å². The van der Waals surface area contributed by atoms with Crippen molar-refractivity contribution in [1.29, 1.82) is 0 Å². The Morgan fingerprint density at radius 3 is 2.30 bits per heavy atom. The molecule has 0 saturated heterocycles. The maximum Gasteiger partial charge on any atom is 0.0325 e. The molecule has 1 fully saturated rings. The van der Waals surface area contributed by atoms with Crippen LogP contribution in [0.5, 0.6) is 0 Å². The minimum atomic E-state index is 0.361. The normalized spacial score (nSPS) is 18.9. The maximum absolute atomic E-state index is 3.86. The van der Waals surface area contributed by atoms with Crippen LogP contribution >= 0.6 is 0 Å². The Balaban J connectivity index is 1.95. The van der Waals surface area contributed by atoms with E-state index in [4.69, 9.17) is 0 Å². The zero-order valence-electron chi connectivity index (χ0n) is 13.5. The van der Waals surface area contributed by atoms with Crippen molar-refractivity contribution in [2.24, 2.45) is 11.3 Å². The molecule has 1 aliphatic carbocycles. The Morgan fingerprint density at radius 2 is 1.70 bits per heavy atom. The summed E-state index contributed by atoms with van der Waals surface area (Å²) in [6, 6.07) is 11.5. The van der Waals surface area contributed by atoms with Crippen molar-refractivity contribution in [3.63, 3.8) is 0 Å². The van der Waals surface area contributed by atoms with Crippen LogP contribution in [0, 0.1) is 11.3 Å². The van der Waals surface area contributed by atoms with E-state index in [9.17, 15) is 0 Å². The monoisotopic (exact) mass is 273 g/mol. The number of benzene rings is 1. The highest BCUT2D eigenvalue weighted by molar-refractivity contribution is 5.19. The summed E-state index contributed by atoms with van der Waals surface area (Å²) in [5.41, 5.74) is 1.80.